The number of aromatic nitrogens is 1. The summed E-state index contributed by atoms with van der Waals surface area (Å²) in [6.45, 7) is 11.9. The van der Waals surface area contributed by atoms with Crippen molar-refractivity contribution in [2.45, 2.75) is 211 Å². The zero-order chi connectivity index (χ0) is 52.6. The molecule has 72 heavy (non-hydrogen) atoms. The normalized spacial score (nSPS) is 31.4. The van der Waals surface area contributed by atoms with Gasteiger partial charge in [-0.15, -0.1) is 0 Å². The monoisotopic (exact) mass is 1020 g/mol. The van der Waals surface area contributed by atoms with Crippen LogP contribution in [0.2, 0.25) is 0 Å². The smallest absolute Gasteiger partial charge is 0.311 e. The van der Waals surface area contributed by atoms with Gasteiger partial charge in [-0.05, 0) is 123 Å². The number of pyridine rings is 1. The van der Waals surface area contributed by atoms with Crippen LogP contribution in [0.3, 0.4) is 0 Å². The van der Waals surface area contributed by atoms with E-state index in [1.165, 1.54) is 55.6 Å². The van der Waals surface area contributed by atoms with E-state index < -0.39 is 73.2 Å². The second kappa shape index (κ2) is 28.0. The summed E-state index contributed by atoms with van der Waals surface area (Å²) in [7, 11) is 1.82. The lowest BCUT2D eigenvalue weighted by Gasteiger charge is -2.45. The van der Waals surface area contributed by atoms with Crippen LogP contribution in [0.1, 0.15) is 145 Å². The Morgan fingerprint density at radius 1 is 0.806 bits per heavy atom. The fraction of sp³-hybridized carbons (Fsp3) is 0.672. The van der Waals surface area contributed by atoms with E-state index in [9.17, 15) is 35.1 Å². The van der Waals surface area contributed by atoms with E-state index in [1.807, 2.05) is 45.1 Å². The molecule has 3 aromatic rings. The number of cyclic esters (lactones) is 1. The zero-order valence-corrected chi connectivity index (χ0v) is 45.9. The number of aliphatic hydroxyl groups is 5. The lowest BCUT2D eigenvalue weighted by molar-refractivity contribution is -0.291. The number of aliphatic hydroxyl groups excluding tert-OH is 3. The molecule has 3 heterocycles. The Morgan fingerprint density at radius 2 is 1.36 bits per heavy atom. The number of benzene rings is 2. The van der Waals surface area contributed by atoms with E-state index in [0.717, 1.165) is 38.3 Å². The van der Waals surface area contributed by atoms with Crippen molar-refractivity contribution in [3.63, 3.8) is 0 Å². The van der Waals surface area contributed by atoms with Crippen LogP contribution in [0.15, 0.2) is 85.1 Å². The van der Waals surface area contributed by atoms with Gasteiger partial charge in [0.25, 0.3) is 0 Å². The molecule has 2 aliphatic rings. The van der Waals surface area contributed by atoms with Crippen molar-refractivity contribution in [3.05, 3.63) is 85.1 Å². The van der Waals surface area contributed by atoms with E-state index in [4.69, 9.17) is 19.2 Å². The van der Waals surface area contributed by atoms with Crippen LogP contribution in [-0.4, -0.2) is 145 Å². The lowest BCUT2D eigenvalue weighted by Crippen LogP contribution is -2.60. The molecular weight excluding hydrogens is 930 g/mol. The Labute approximate surface area is 432 Å². The number of amides is 1. The molecule has 0 bridgehead atoms. The topological polar surface area (TPSA) is 182 Å². The number of rotatable bonds is 20. The summed E-state index contributed by atoms with van der Waals surface area (Å²) in [5.74, 6) is -2.41. The molecule has 2 aliphatic heterocycles. The van der Waals surface area contributed by atoms with Crippen LogP contribution in [0.5, 0.6) is 0 Å². The molecule has 14 heteroatoms. The lowest BCUT2D eigenvalue weighted by atomic mass is 9.83. The summed E-state index contributed by atoms with van der Waals surface area (Å²) in [6, 6.07) is 27.0. The number of hydrogen-bond donors (Lipinski definition) is 5. The van der Waals surface area contributed by atoms with Crippen molar-refractivity contribution in [1.29, 1.82) is 0 Å². The Hall–Kier alpha value is -3.36. The summed E-state index contributed by atoms with van der Waals surface area (Å²) in [5.41, 5.74) is -2.39. The first-order valence-corrected chi connectivity index (χ1v) is 29.1. The van der Waals surface area contributed by atoms with Crippen molar-refractivity contribution in [2.75, 3.05) is 26.8 Å². The van der Waals surface area contributed by atoms with Gasteiger partial charge < -0.3 is 49.5 Å². The SMILES string of the molecule is CC[C@H]1OC(=O)[C@H](C)[C@@H](O)C[C@@H](O[C@@H]2O[C@H](C)C[C@H](N(C)C)[C@H]2O)[C@](C)(O)C[C@@H](C)CN(C(=O)CCCCCCCCCCCC[P+](c2ccccc2)(c2ccccc2)c2ccccn2)[C@H](C)[C@@H](O)[C@]1(C)O. The second-order valence-electron chi connectivity index (χ2n) is 21.9. The Bertz CT molecular complexity index is 1950. The van der Waals surface area contributed by atoms with Gasteiger partial charge >= 0.3 is 5.97 Å². The number of unbranched alkanes of at least 4 members (excludes halogenated alkanes) is 9. The highest BCUT2D eigenvalue weighted by Gasteiger charge is 2.49. The highest BCUT2D eigenvalue weighted by molar-refractivity contribution is 7.95. The molecular formula is C58H91N3O10P+. The quantitative estimate of drug-likeness (QED) is 0.0433. The number of ether oxygens (including phenoxy) is 3. The average Bonchev–Trinajstić information content (AvgIpc) is 3.36. The van der Waals surface area contributed by atoms with Crippen LogP contribution >= 0.6 is 7.26 Å². The van der Waals surface area contributed by atoms with Crippen molar-refractivity contribution in [2.24, 2.45) is 11.8 Å². The van der Waals surface area contributed by atoms with Gasteiger partial charge in [-0.2, -0.15) is 0 Å². The molecule has 0 aliphatic carbocycles. The molecule has 2 aromatic carbocycles. The third-order valence-corrected chi connectivity index (χ3v) is 20.1. The molecule has 2 saturated heterocycles. The first-order valence-electron chi connectivity index (χ1n) is 27.1. The molecule has 0 unspecified atom stereocenters. The molecule has 0 spiro atoms. The van der Waals surface area contributed by atoms with Crippen LogP contribution in [0, 0.1) is 11.8 Å². The van der Waals surface area contributed by atoms with Crippen LogP contribution in [0.4, 0.5) is 0 Å². The molecule has 5 N–H and O–H groups in total. The maximum atomic E-state index is 14.3. The summed E-state index contributed by atoms with van der Waals surface area (Å²) in [5, 5.41) is 61.7. The van der Waals surface area contributed by atoms with Crippen molar-refractivity contribution in [3.8, 4) is 0 Å². The number of carbonyl (C=O) groups is 2. The Balaban J connectivity index is 1.17. The largest absolute Gasteiger partial charge is 0.459 e. The Kier molecular flexibility index (Phi) is 23.1. The maximum absolute atomic E-state index is 14.3. The second-order valence-corrected chi connectivity index (χ2v) is 25.5. The van der Waals surface area contributed by atoms with Gasteiger partial charge in [0.2, 0.25) is 5.91 Å². The zero-order valence-electron chi connectivity index (χ0n) is 45.0. The standard InChI is InChI=1S/C58H91N3O10P/c1-10-49-58(7,68)54(65)44(5)61(40-41(2)39-57(6,67)50(38-48(62)43(4)55(66)70-49)71-56-53(64)47(60(8)9)37-42(3)69-56)52(63)34-25-17-15-13-11-12-14-16-18-28-36-72(45-29-21-19-22-30-45,46-31-23-20-24-32-46)51-33-26-27-35-59-51/h19-24,26-27,29-33,35,41-44,47-50,53-54,56,62,64-65,67-68H,10-18,25,28,34,36-40H2,1-9H3/q+1/t41-,42-,43-,44-,47+,48+,49-,50-,53-,54-,56+,57-,58-/m1/s1. The minimum absolute atomic E-state index is 0.105. The van der Waals surface area contributed by atoms with E-state index in [-0.39, 0.29) is 56.2 Å². The average molecular weight is 1020 g/mol. The molecule has 0 saturated carbocycles. The summed E-state index contributed by atoms with van der Waals surface area (Å²) >= 11 is 0. The van der Waals surface area contributed by atoms with Gasteiger partial charge in [0, 0.05) is 37.7 Å². The number of hydrogen-bond acceptors (Lipinski definition) is 12. The molecule has 13 nitrogen and oxygen atoms in total. The first kappa shape index (κ1) is 59.5. The van der Waals surface area contributed by atoms with Crippen LogP contribution < -0.4 is 16.0 Å². The van der Waals surface area contributed by atoms with Crippen LogP contribution in [-0.2, 0) is 23.8 Å². The minimum Gasteiger partial charge on any atom is -0.459 e. The van der Waals surface area contributed by atoms with Crippen molar-refractivity contribution >= 4 is 35.2 Å². The van der Waals surface area contributed by atoms with E-state index in [1.54, 1.807) is 25.7 Å². The maximum Gasteiger partial charge on any atom is 0.311 e. The number of carbonyl (C=O) groups excluding carboxylic acids is 2. The number of nitrogens with zero attached hydrogens (tertiary/aromatic N) is 3. The third kappa shape index (κ3) is 15.6. The van der Waals surface area contributed by atoms with Crippen molar-refractivity contribution < 1.29 is 49.3 Å². The molecule has 1 aromatic heterocycles. The predicted octanol–water partition coefficient (Wildman–Crippen LogP) is 7.31. The summed E-state index contributed by atoms with van der Waals surface area (Å²) < 4.78 is 18.4. The number of likely N-dealkylation sites (N-methyl/N-ethyl adjacent to an activating group) is 1. The van der Waals surface area contributed by atoms with E-state index >= 15 is 0 Å². The molecule has 5 rings (SSSR count). The van der Waals surface area contributed by atoms with Gasteiger partial charge in [-0.25, -0.2) is 4.98 Å². The van der Waals surface area contributed by atoms with Gasteiger partial charge in [0.1, 0.15) is 41.8 Å². The summed E-state index contributed by atoms with van der Waals surface area (Å²) in [6.07, 6.45) is 6.97. The highest BCUT2D eigenvalue weighted by atomic mass is 31.2. The molecule has 2 fully saturated rings. The molecule has 1 amide bonds. The van der Waals surface area contributed by atoms with E-state index in [2.05, 4.69) is 72.8 Å². The summed E-state index contributed by atoms with van der Waals surface area (Å²) in [4.78, 5) is 36.4. The van der Waals surface area contributed by atoms with Gasteiger partial charge in [-0.1, -0.05) is 101 Å². The fourth-order valence-corrected chi connectivity index (χ4v) is 15.4. The van der Waals surface area contributed by atoms with Crippen LogP contribution in [0.25, 0.3) is 0 Å². The highest BCUT2D eigenvalue weighted by Crippen LogP contribution is 2.55. The van der Waals surface area contributed by atoms with Crippen molar-refractivity contribution in [1.82, 2.24) is 14.8 Å². The first-order chi connectivity index (χ1) is 34.2. The number of esters is 1. The van der Waals surface area contributed by atoms with Gasteiger partial charge in [-0.3, -0.25) is 9.59 Å². The van der Waals surface area contributed by atoms with E-state index in [0.29, 0.717) is 12.8 Å². The predicted molar refractivity (Wildman–Crippen MR) is 288 cm³/mol. The molecule has 0 radical (unpaired) electrons. The minimum atomic E-state index is -1.95. The molecule has 402 valence electrons. The third-order valence-electron chi connectivity index (χ3n) is 15.7. The fourth-order valence-electron chi connectivity index (χ4n) is 11.2. The van der Waals surface area contributed by atoms with Gasteiger partial charge in [0.05, 0.1) is 42.0 Å². The Morgan fingerprint density at radius 3 is 1.90 bits per heavy atom. The molecule has 13 atom stereocenters. The van der Waals surface area contributed by atoms with Gasteiger partial charge in [0.15, 0.2) is 11.7 Å².